The van der Waals surface area contributed by atoms with Crippen molar-refractivity contribution in [2.24, 2.45) is 0 Å². The smallest absolute Gasteiger partial charge is 0.336 e. The van der Waals surface area contributed by atoms with E-state index < -0.39 is 44.0 Å². The van der Waals surface area contributed by atoms with Gasteiger partial charge in [0.05, 0.1) is 39.1 Å². The van der Waals surface area contributed by atoms with Crippen molar-refractivity contribution in [2.75, 3.05) is 6.16 Å². The predicted octanol–water partition coefficient (Wildman–Crippen LogP) is 8.48. The van der Waals surface area contributed by atoms with Crippen molar-refractivity contribution in [2.45, 2.75) is 70.2 Å². The summed E-state index contributed by atoms with van der Waals surface area (Å²) in [6.07, 6.45) is -3.88. The van der Waals surface area contributed by atoms with E-state index in [1.807, 2.05) is 159 Å². The fourth-order valence-electron chi connectivity index (χ4n) is 6.11. The lowest BCUT2D eigenvalue weighted by Crippen LogP contribution is -2.67. The summed E-state index contributed by atoms with van der Waals surface area (Å²) in [7, 11) is -4.08. The number of aliphatic hydroxyl groups is 1. The molecule has 0 radical (unpaired) electrons. The van der Waals surface area contributed by atoms with E-state index >= 15 is 0 Å². The molecule has 6 rings (SSSR count). The summed E-state index contributed by atoms with van der Waals surface area (Å²) in [4.78, 5) is 0. The van der Waals surface area contributed by atoms with Gasteiger partial charge in [-0.3, -0.25) is 4.57 Å². The van der Waals surface area contributed by atoms with E-state index in [4.69, 9.17) is 28.0 Å². The molecule has 0 bridgehead atoms. The zero-order valence-electron chi connectivity index (χ0n) is 28.7. The molecule has 51 heavy (non-hydrogen) atoms. The molecular formula is C42H45O8P. The minimum absolute atomic E-state index is 0.00479. The molecule has 1 fully saturated rings. The Morgan fingerprint density at radius 1 is 0.529 bits per heavy atom. The van der Waals surface area contributed by atoms with Crippen molar-refractivity contribution in [3.8, 4) is 0 Å². The van der Waals surface area contributed by atoms with Crippen LogP contribution in [-0.4, -0.2) is 41.5 Å². The fraction of sp³-hybridized carbons (Fsp3) is 0.286. The molecule has 5 aromatic rings. The summed E-state index contributed by atoms with van der Waals surface area (Å²) in [6, 6.07) is 48.1. The monoisotopic (exact) mass is 708 g/mol. The summed E-state index contributed by atoms with van der Waals surface area (Å²) in [5, 5.41) is 12.7. The van der Waals surface area contributed by atoms with E-state index in [0.29, 0.717) is 0 Å². The van der Waals surface area contributed by atoms with Crippen molar-refractivity contribution < 1.29 is 37.7 Å². The Balaban J connectivity index is 1.33. The maximum absolute atomic E-state index is 14.8. The van der Waals surface area contributed by atoms with Crippen molar-refractivity contribution in [1.29, 1.82) is 0 Å². The first kappa shape index (κ1) is 36.8. The molecule has 1 heterocycles. The maximum atomic E-state index is 14.8. The van der Waals surface area contributed by atoms with Crippen molar-refractivity contribution in [3.63, 3.8) is 0 Å². The second-order valence-electron chi connectivity index (χ2n) is 12.7. The van der Waals surface area contributed by atoms with Gasteiger partial charge in [-0.15, -0.1) is 0 Å². The lowest BCUT2D eigenvalue weighted by molar-refractivity contribution is -0.355. The van der Waals surface area contributed by atoms with Gasteiger partial charge in [0.2, 0.25) is 5.79 Å². The van der Waals surface area contributed by atoms with E-state index in [2.05, 4.69) is 0 Å². The largest absolute Gasteiger partial charge is 0.368 e. The molecular weight excluding hydrogens is 663 g/mol. The molecule has 0 aromatic heterocycles. The number of ether oxygens (including phenoxy) is 4. The first-order chi connectivity index (χ1) is 24.9. The highest BCUT2D eigenvalue weighted by atomic mass is 31.2. The Labute approximate surface area is 300 Å². The maximum Gasteiger partial charge on any atom is 0.336 e. The van der Waals surface area contributed by atoms with Crippen LogP contribution in [0, 0.1) is 0 Å². The molecule has 1 aliphatic heterocycles. The average molecular weight is 709 g/mol. The molecule has 266 valence electrons. The fourth-order valence-corrected chi connectivity index (χ4v) is 7.87. The summed E-state index contributed by atoms with van der Waals surface area (Å²) in [5.41, 5.74) is 4.41. The SMILES string of the molecule is C[C@@H]1O[C@](O)(CP(=O)(OCc2ccccc2)OCc2ccccc2)[C@H](OCc2ccccc2)[C@H](OCc2ccccc2)[C@H]1OCc1ccccc1. The third-order valence-corrected chi connectivity index (χ3v) is 10.6. The van der Waals surface area contributed by atoms with Crippen LogP contribution in [0.1, 0.15) is 34.7 Å². The molecule has 5 aromatic carbocycles. The highest BCUT2D eigenvalue weighted by Gasteiger charge is 2.58. The number of benzene rings is 5. The molecule has 0 amide bonds. The number of rotatable bonds is 17. The molecule has 1 aliphatic rings. The second kappa shape index (κ2) is 18.0. The van der Waals surface area contributed by atoms with Gasteiger partial charge < -0.3 is 33.1 Å². The van der Waals surface area contributed by atoms with Crippen LogP contribution >= 0.6 is 7.60 Å². The van der Waals surface area contributed by atoms with Crippen LogP contribution in [0.25, 0.3) is 0 Å². The Bertz CT molecular complexity index is 1730. The molecule has 0 saturated carbocycles. The summed E-state index contributed by atoms with van der Waals surface area (Å²) in [6.45, 7) is 2.45. The van der Waals surface area contributed by atoms with Gasteiger partial charge in [0.15, 0.2) is 0 Å². The van der Waals surface area contributed by atoms with Crippen LogP contribution in [0.3, 0.4) is 0 Å². The molecule has 5 atom stereocenters. The molecule has 1 N–H and O–H groups in total. The lowest BCUT2D eigenvalue weighted by atomic mass is 9.93. The van der Waals surface area contributed by atoms with Gasteiger partial charge in [0.25, 0.3) is 0 Å². The minimum Gasteiger partial charge on any atom is -0.368 e. The summed E-state index contributed by atoms with van der Waals surface area (Å²) < 4.78 is 53.3. The lowest BCUT2D eigenvalue weighted by Gasteiger charge is -2.50. The van der Waals surface area contributed by atoms with Crippen molar-refractivity contribution in [1.82, 2.24) is 0 Å². The van der Waals surface area contributed by atoms with Gasteiger partial charge in [-0.05, 0) is 34.7 Å². The average Bonchev–Trinajstić information content (AvgIpc) is 3.17. The first-order valence-electron chi connectivity index (χ1n) is 17.2. The standard InChI is InChI=1S/C42H45O8P/c1-33-39(45-27-34-17-7-2-8-18-34)40(46-28-35-19-9-3-10-20-35)41(47-29-36-21-11-4-12-22-36)42(43,50-33)32-51(44,48-30-37-23-13-5-14-24-37)49-31-38-25-15-6-16-26-38/h2-26,33,39-41,43H,27-32H2,1H3/t33-,39-,40+,41+,42+/m0/s1. The van der Waals surface area contributed by atoms with Gasteiger partial charge >= 0.3 is 7.60 Å². The highest BCUT2D eigenvalue weighted by molar-refractivity contribution is 7.53. The molecule has 0 aliphatic carbocycles. The first-order valence-corrected chi connectivity index (χ1v) is 18.9. The Hall–Kier alpha value is -3.95. The molecule has 8 nitrogen and oxygen atoms in total. The van der Waals surface area contributed by atoms with Crippen molar-refractivity contribution in [3.05, 3.63) is 179 Å². The van der Waals surface area contributed by atoms with Crippen LogP contribution in [0.15, 0.2) is 152 Å². The highest BCUT2D eigenvalue weighted by Crippen LogP contribution is 2.54. The van der Waals surface area contributed by atoms with Gasteiger partial charge in [-0.25, -0.2) is 0 Å². The zero-order chi connectivity index (χ0) is 35.4. The van der Waals surface area contributed by atoms with Gasteiger partial charge in [0, 0.05) is 0 Å². The molecule has 0 unspecified atom stereocenters. The van der Waals surface area contributed by atoms with Crippen LogP contribution in [-0.2, 0) is 65.6 Å². The van der Waals surface area contributed by atoms with E-state index in [1.54, 1.807) is 0 Å². The molecule has 0 spiro atoms. The Kier molecular flexibility index (Phi) is 13.0. The number of hydrogen-bond acceptors (Lipinski definition) is 8. The van der Waals surface area contributed by atoms with E-state index in [-0.39, 0.29) is 33.0 Å². The second-order valence-corrected chi connectivity index (χ2v) is 14.7. The van der Waals surface area contributed by atoms with Crippen molar-refractivity contribution >= 4 is 7.60 Å². The third kappa shape index (κ3) is 10.5. The quantitative estimate of drug-likeness (QED) is 0.0963. The zero-order valence-corrected chi connectivity index (χ0v) is 29.6. The van der Waals surface area contributed by atoms with Crippen LogP contribution < -0.4 is 0 Å². The summed E-state index contributed by atoms with van der Waals surface area (Å²) >= 11 is 0. The van der Waals surface area contributed by atoms with E-state index in [0.717, 1.165) is 27.8 Å². The predicted molar refractivity (Wildman–Crippen MR) is 195 cm³/mol. The Morgan fingerprint density at radius 2 is 0.863 bits per heavy atom. The Morgan fingerprint density at radius 3 is 1.25 bits per heavy atom. The third-order valence-electron chi connectivity index (χ3n) is 8.72. The summed E-state index contributed by atoms with van der Waals surface area (Å²) in [5.74, 6) is -2.16. The molecule has 9 heteroatoms. The van der Waals surface area contributed by atoms with E-state index in [9.17, 15) is 9.67 Å². The van der Waals surface area contributed by atoms with Crippen LogP contribution in [0.5, 0.6) is 0 Å². The van der Waals surface area contributed by atoms with Crippen LogP contribution in [0.2, 0.25) is 0 Å². The topological polar surface area (TPSA) is 92.7 Å². The van der Waals surface area contributed by atoms with E-state index in [1.165, 1.54) is 0 Å². The van der Waals surface area contributed by atoms with Gasteiger partial charge in [-0.2, -0.15) is 0 Å². The van der Waals surface area contributed by atoms with Gasteiger partial charge in [-0.1, -0.05) is 152 Å². The van der Waals surface area contributed by atoms with Gasteiger partial charge in [0.1, 0.15) is 24.5 Å². The number of hydrogen-bond donors (Lipinski definition) is 1. The molecule has 1 saturated heterocycles. The normalized spacial score (nSPS) is 22.1. The van der Waals surface area contributed by atoms with Crippen LogP contribution in [0.4, 0.5) is 0 Å². The minimum atomic E-state index is -4.08.